The number of fused-ring (bicyclic) bond motifs is 1. The van der Waals surface area contributed by atoms with Gasteiger partial charge >= 0.3 is 12.1 Å². The highest BCUT2D eigenvalue weighted by molar-refractivity contribution is 5.73. The monoisotopic (exact) mass is 305 g/mol. The fourth-order valence-corrected chi connectivity index (χ4v) is 2.58. The van der Waals surface area contributed by atoms with Gasteiger partial charge < -0.3 is 9.47 Å². The number of nitrogens with zero attached hydrogens (tertiary/aromatic N) is 1. The average molecular weight is 305 g/mol. The minimum absolute atomic E-state index is 0.171. The van der Waals surface area contributed by atoms with Crippen LogP contribution in [0.1, 0.15) is 38.3 Å². The summed E-state index contributed by atoms with van der Waals surface area (Å²) < 4.78 is 10.2. The Morgan fingerprint density at radius 2 is 1.86 bits per heavy atom. The normalized spacial score (nSPS) is 17.6. The molecule has 1 heterocycles. The van der Waals surface area contributed by atoms with Crippen LogP contribution in [0, 0.1) is 0 Å². The van der Waals surface area contributed by atoms with Crippen molar-refractivity contribution in [2.75, 3.05) is 7.11 Å². The molecular weight excluding hydrogens is 282 g/mol. The number of ether oxygens (including phenoxy) is 2. The summed E-state index contributed by atoms with van der Waals surface area (Å²) in [5.74, 6) is -0.321. The van der Waals surface area contributed by atoms with Gasteiger partial charge in [-0.15, -0.1) is 0 Å². The molecule has 0 unspecified atom stereocenters. The molecule has 1 atom stereocenters. The Kier molecular flexibility index (Phi) is 4.74. The van der Waals surface area contributed by atoms with Crippen LogP contribution in [0.25, 0.3) is 0 Å². The highest BCUT2D eigenvalue weighted by atomic mass is 16.6. The van der Waals surface area contributed by atoms with E-state index < -0.39 is 11.7 Å². The maximum absolute atomic E-state index is 12.5. The molecule has 1 amide bonds. The molecule has 5 heteroatoms. The van der Waals surface area contributed by atoms with Gasteiger partial charge in [0.2, 0.25) is 0 Å². The number of carbonyl (C=O) groups excluding carboxylic acids is 2. The van der Waals surface area contributed by atoms with Gasteiger partial charge in [0.1, 0.15) is 5.60 Å². The van der Waals surface area contributed by atoms with Crippen molar-refractivity contribution >= 4 is 12.1 Å². The Morgan fingerprint density at radius 1 is 1.23 bits per heavy atom. The van der Waals surface area contributed by atoms with Crippen molar-refractivity contribution in [1.82, 2.24) is 4.90 Å². The highest BCUT2D eigenvalue weighted by Gasteiger charge is 2.34. The summed E-state index contributed by atoms with van der Waals surface area (Å²) in [5, 5.41) is 0. The lowest BCUT2D eigenvalue weighted by Gasteiger charge is -2.37. The molecule has 0 bridgehead atoms. The Labute approximate surface area is 131 Å². The molecule has 5 nitrogen and oxygen atoms in total. The Balaban J connectivity index is 2.23. The van der Waals surface area contributed by atoms with Gasteiger partial charge in [-0.2, -0.15) is 0 Å². The summed E-state index contributed by atoms with van der Waals surface area (Å²) in [7, 11) is 1.36. The zero-order valence-corrected chi connectivity index (χ0v) is 13.6. The van der Waals surface area contributed by atoms with E-state index in [-0.39, 0.29) is 18.4 Å². The summed E-state index contributed by atoms with van der Waals surface area (Å²) in [6, 6.07) is 7.72. The first kappa shape index (κ1) is 16.3. The molecule has 0 N–H and O–H groups in total. The molecule has 2 rings (SSSR count). The lowest BCUT2D eigenvalue weighted by atomic mass is 9.92. The molecule has 22 heavy (non-hydrogen) atoms. The summed E-state index contributed by atoms with van der Waals surface area (Å²) in [6.07, 6.45) is 0.408. The quantitative estimate of drug-likeness (QED) is 0.788. The standard InChI is InChI=1S/C17H23NO4/c1-17(2,3)22-16(20)18-11-13-8-6-5-7-12(13)9-14(18)10-15(19)21-4/h5-8,14H,9-11H2,1-4H3/t14-/m1/s1. The molecule has 1 aliphatic rings. The number of hydrogen-bond donors (Lipinski definition) is 0. The number of methoxy groups -OCH3 is 1. The summed E-state index contributed by atoms with van der Waals surface area (Å²) in [4.78, 5) is 25.7. The van der Waals surface area contributed by atoms with Gasteiger partial charge in [-0.05, 0) is 38.3 Å². The molecule has 0 spiro atoms. The van der Waals surface area contributed by atoms with E-state index >= 15 is 0 Å². The Bertz CT molecular complexity index is 562. The minimum atomic E-state index is -0.566. The lowest BCUT2D eigenvalue weighted by Crippen LogP contribution is -2.47. The van der Waals surface area contributed by atoms with Crippen molar-refractivity contribution in [2.45, 2.75) is 51.8 Å². The van der Waals surface area contributed by atoms with E-state index in [1.165, 1.54) is 7.11 Å². The van der Waals surface area contributed by atoms with Crippen LogP contribution < -0.4 is 0 Å². The third kappa shape index (κ3) is 4.00. The number of esters is 1. The minimum Gasteiger partial charge on any atom is -0.469 e. The predicted molar refractivity (Wildman–Crippen MR) is 82.3 cm³/mol. The average Bonchev–Trinajstić information content (AvgIpc) is 2.44. The molecule has 0 fully saturated rings. The smallest absolute Gasteiger partial charge is 0.410 e. The van der Waals surface area contributed by atoms with Crippen LogP contribution in [0.5, 0.6) is 0 Å². The third-order valence-electron chi connectivity index (χ3n) is 3.61. The number of amides is 1. The van der Waals surface area contributed by atoms with E-state index in [1.807, 2.05) is 45.0 Å². The van der Waals surface area contributed by atoms with Crippen molar-refractivity contribution in [1.29, 1.82) is 0 Å². The van der Waals surface area contributed by atoms with E-state index in [2.05, 4.69) is 0 Å². The molecule has 1 aromatic rings. The topological polar surface area (TPSA) is 55.8 Å². The predicted octanol–water partition coefficient (Wildman–Crippen LogP) is 2.91. The van der Waals surface area contributed by atoms with Crippen molar-refractivity contribution in [2.24, 2.45) is 0 Å². The van der Waals surface area contributed by atoms with Gasteiger partial charge in [-0.25, -0.2) is 4.79 Å². The van der Waals surface area contributed by atoms with Gasteiger partial charge in [-0.3, -0.25) is 9.69 Å². The third-order valence-corrected chi connectivity index (χ3v) is 3.61. The molecule has 0 aromatic heterocycles. The number of carbonyl (C=O) groups is 2. The lowest BCUT2D eigenvalue weighted by molar-refractivity contribution is -0.142. The zero-order chi connectivity index (χ0) is 16.3. The molecule has 0 saturated carbocycles. The van der Waals surface area contributed by atoms with Gasteiger partial charge in [-0.1, -0.05) is 24.3 Å². The van der Waals surface area contributed by atoms with Gasteiger partial charge in [0.25, 0.3) is 0 Å². The first-order valence-corrected chi connectivity index (χ1v) is 7.43. The number of hydrogen-bond acceptors (Lipinski definition) is 4. The zero-order valence-electron chi connectivity index (χ0n) is 13.6. The fraction of sp³-hybridized carbons (Fsp3) is 0.529. The van der Waals surface area contributed by atoms with Crippen molar-refractivity contribution < 1.29 is 19.1 Å². The highest BCUT2D eigenvalue weighted by Crippen LogP contribution is 2.27. The first-order valence-electron chi connectivity index (χ1n) is 7.43. The molecule has 1 aliphatic heterocycles. The second kappa shape index (κ2) is 6.38. The molecule has 1 aromatic carbocycles. The summed E-state index contributed by atoms with van der Waals surface area (Å²) in [5.41, 5.74) is 1.69. The summed E-state index contributed by atoms with van der Waals surface area (Å²) >= 11 is 0. The van der Waals surface area contributed by atoms with Gasteiger partial charge in [0, 0.05) is 12.6 Å². The van der Waals surface area contributed by atoms with Crippen LogP contribution >= 0.6 is 0 Å². The maximum atomic E-state index is 12.5. The first-order chi connectivity index (χ1) is 10.3. The largest absolute Gasteiger partial charge is 0.469 e. The molecule has 0 saturated heterocycles. The van der Waals surface area contributed by atoms with Crippen molar-refractivity contribution in [3.05, 3.63) is 35.4 Å². The van der Waals surface area contributed by atoms with Crippen molar-refractivity contribution in [3.63, 3.8) is 0 Å². The van der Waals surface area contributed by atoms with Crippen LogP contribution in [-0.4, -0.2) is 35.7 Å². The molecule has 0 aliphatic carbocycles. The van der Waals surface area contributed by atoms with E-state index in [0.29, 0.717) is 13.0 Å². The SMILES string of the molecule is COC(=O)C[C@H]1Cc2ccccc2CN1C(=O)OC(C)(C)C. The van der Waals surface area contributed by atoms with Crippen LogP contribution in [0.15, 0.2) is 24.3 Å². The van der Waals surface area contributed by atoms with Crippen LogP contribution in [0.3, 0.4) is 0 Å². The molecule has 0 radical (unpaired) electrons. The summed E-state index contributed by atoms with van der Waals surface area (Å²) in [6.45, 7) is 5.95. The Morgan fingerprint density at radius 3 is 2.45 bits per heavy atom. The number of benzene rings is 1. The van der Waals surface area contributed by atoms with E-state index in [1.54, 1.807) is 4.90 Å². The van der Waals surface area contributed by atoms with Crippen LogP contribution in [0.2, 0.25) is 0 Å². The Hall–Kier alpha value is -2.04. The fourth-order valence-electron chi connectivity index (χ4n) is 2.58. The molecule has 120 valence electrons. The van der Waals surface area contributed by atoms with Gasteiger partial charge in [0.15, 0.2) is 0 Å². The van der Waals surface area contributed by atoms with E-state index in [4.69, 9.17) is 9.47 Å². The van der Waals surface area contributed by atoms with Crippen LogP contribution in [0.4, 0.5) is 4.79 Å². The van der Waals surface area contributed by atoms with Crippen molar-refractivity contribution in [3.8, 4) is 0 Å². The van der Waals surface area contributed by atoms with E-state index in [0.717, 1.165) is 11.1 Å². The van der Waals surface area contributed by atoms with Crippen LogP contribution in [-0.2, 0) is 27.2 Å². The second-order valence-corrected chi connectivity index (χ2v) is 6.52. The number of rotatable bonds is 2. The van der Waals surface area contributed by atoms with Gasteiger partial charge in [0.05, 0.1) is 13.5 Å². The van der Waals surface area contributed by atoms with E-state index in [9.17, 15) is 9.59 Å². The maximum Gasteiger partial charge on any atom is 0.410 e. The second-order valence-electron chi connectivity index (χ2n) is 6.52. The molecular formula is C17H23NO4.